The molecule has 1 rings (SSSR count). The van der Waals surface area contributed by atoms with E-state index in [0.29, 0.717) is 6.42 Å². The Morgan fingerprint density at radius 1 is 1.00 bits per heavy atom. The molecule has 0 atom stereocenters. The van der Waals surface area contributed by atoms with Gasteiger partial charge in [-0.1, -0.05) is 0 Å². The van der Waals surface area contributed by atoms with Gasteiger partial charge in [0.2, 0.25) is 0 Å². The Morgan fingerprint density at radius 3 is 2.06 bits per heavy atom. The second-order valence-corrected chi connectivity index (χ2v) is 15.2. The first-order valence-corrected chi connectivity index (χ1v) is 11.7. The van der Waals surface area contributed by atoms with E-state index in [2.05, 4.69) is 52.0 Å². The molecule has 0 bridgehead atoms. The van der Waals surface area contributed by atoms with E-state index < -0.39 is 16.2 Å². The van der Waals surface area contributed by atoms with Gasteiger partial charge in [0.1, 0.15) is 0 Å². The molecule has 0 fully saturated rings. The van der Waals surface area contributed by atoms with Crippen LogP contribution in [0.15, 0.2) is 24.3 Å². The van der Waals surface area contributed by atoms with Crippen molar-refractivity contribution in [2.24, 2.45) is 0 Å². The quantitative estimate of drug-likeness (QED) is 0.623. The first-order chi connectivity index (χ1) is 8.56. The molecular weight excluding hydrogens is 281 g/mol. The molecule has 0 nitrogen and oxygen atoms in total. The molecule has 1 aromatic carbocycles. The molecule has 0 spiro atoms. The molecule has 18 heavy (non-hydrogen) atoms. The van der Waals surface area contributed by atoms with E-state index in [1.165, 1.54) is 16.1 Å². The van der Waals surface area contributed by atoms with Crippen LogP contribution in [0.4, 0.5) is 4.39 Å². The summed E-state index contributed by atoms with van der Waals surface area (Å²) in [5.41, 5.74) is 2.88. The Hall–Kier alpha value is -0.214. The summed E-state index contributed by atoms with van der Waals surface area (Å²) in [5.74, 6) is 0. The molecule has 2 heteroatoms. The molecule has 0 radical (unpaired) electrons. The third-order valence-electron chi connectivity index (χ3n) is 3.87. The fourth-order valence-electron chi connectivity index (χ4n) is 2.75. The zero-order valence-corrected chi connectivity index (χ0v) is 14.7. The van der Waals surface area contributed by atoms with Crippen molar-refractivity contribution >= 4 is 16.2 Å². The number of aryl methyl sites for hydroxylation is 1. The van der Waals surface area contributed by atoms with E-state index in [-0.39, 0.29) is 6.67 Å². The summed E-state index contributed by atoms with van der Waals surface area (Å²) >= 11 is -1.28. The minimum absolute atomic E-state index is 0.201. The molecule has 0 heterocycles. The molecule has 0 amide bonds. The summed E-state index contributed by atoms with van der Waals surface area (Å²) in [5, 5.41) is 0. The van der Waals surface area contributed by atoms with Crippen molar-refractivity contribution in [3.8, 4) is 0 Å². The summed E-state index contributed by atoms with van der Waals surface area (Å²) in [7, 11) is 0. The molecule has 0 aliphatic carbocycles. The zero-order valence-electron chi connectivity index (χ0n) is 12.2. The predicted octanol–water partition coefficient (Wildman–Crippen LogP) is 4.99. The maximum absolute atomic E-state index is 12.3. The standard InChI is InChI=1S/C10H12F.2C3H7.Ga/c1-9-5-2-3-6-10(9)7-4-8-11;2*1-3-2;/h2-3,5-6H,1,4,7-8H2;2*3H,1-2H3;. The van der Waals surface area contributed by atoms with Crippen molar-refractivity contribution in [1.29, 1.82) is 0 Å². The monoisotopic (exact) mass is 306 g/mol. The summed E-state index contributed by atoms with van der Waals surface area (Å²) in [6.07, 6.45) is 1.57. The summed E-state index contributed by atoms with van der Waals surface area (Å²) in [6.45, 7) is 9.33. The summed E-state index contributed by atoms with van der Waals surface area (Å²) in [6, 6.07) is 8.67. The Labute approximate surface area is 117 Å². The van der Waals surface area contributed by atoms with Crippen molar-refractivity contribution < 1.29 is 4.39 Å². The number of rotatable bonds is 7. The topological polar surface area (TPSA) is 0 Å². The SMILES string of the molecule is C[CH](C)[Ga]([CH2]c1ccccc1CCCF)[CH](C)C. The molecule has 0 unspecified atom stereocenters. The second kappa shape index (κ2) is 8.06. The van der Waals surface area contributed by atoms with Crippen LogP contribution in [0.1, 0.15) is 45.2 Å². The molecule has 0 aromatic heterocycles. The van der Waals surface area contributed by atoms with E-state index in [1.54, 1.807) is 0 Å². The van der Waals surface area contributed by atoms with Gasteiger partial charge in [-0.25, -0.2) is 0 Å². The molecule has 0 aliphatic rings. The molecular formula is C16H26FGa. The van der Waals surface area contributed by atoms with Crippen LogP contribution >= 0.6 is 0 Å². The average molecular weight is 307 g/mol. The van der Waals surface area contributed by atoms with Gasteiger partial charge in [-0.3, -0.25) is 0 Å². The van der Waals surface area contributed by atoms with Gasteiger partial charge in [-0.2, -0.15) is 0 Å². The number of hydrogen-bond donors (Lipinski definition) is 0. The predicted molar refractivity (Wildman–Crippen MR) is 80.4 cm³/mol. The van der Waals surface area contributed by atoms with Crippen molar-refractivity contribution in [1.82, 2.24) is 0 Å². The first-order valence-electron chi connectivity index (χ1n) is 7.19. The number of alkyl halides is 1. The van der Waals surface area contributed by atoms with Crippen molar-refractivity contribution in [2.45, 2.75) is 54.5 Å². The third kappa shape index (κ3) is 4.81. The molecule has 0 aliphatic heterocycles. The van der Waals surface area contributed by atoms with Gasteiger partial charge in [-0.15, -0.1) is 0 Å². The minimum atomic E-state index is -1.28. The summed E-state index contributed by atoms with van der Waals surface area (Å²) in [4.78, 5) is 1.31. The van der Waals surface area contributed by atoms with Gasteiger partial charge >= 0.3 is 117 Å². The fourth-order valence-corrected chi connectivity index (χ4v) is 9.86. The van der Waals surface area contributed by atoms with Crippen LogP contribution in [0.5, 0.6) is 0 Å². The van der Waals surface area contributed by atoms with Gasteiger partial charge in [0.15, 0.2) is 0 Å². The third-order valence-corrected chi connectivity index (χ3v) is 13.0. The van der Waals surface area contributed by atoms with E-state index >= 15 is 0 Å². The van der Waals surface area contributed by atoms with Gasteiger partial charge in [-0.05, 0) is 0 Å². The summed E-state index contributed by atoms with van der Waals surface area (Å²) < 4.78 is 14.1. The van der Waals surface area contributed by atoms with Crippen molar-refractivity contribution in [3.63, 3.8) is 0 Å². The Morgan fingerprint density at radius 2 is 1.56 bits per heavy atom. The van der Waals surface area contributed by atoms with E-state index in [1.807, 2.05) is 0 Å². The fraction of sp³-hybridized carbons (Fsp3) is 0.625. The van der Waals surface area contributed by atoms with Crippen LogP contribution in [-0.2, 0) is 11.4 Å². The Bertz CT molecular complexity index is 339. The zero-order chi connectivity index (χ0) is 13.5. The average Bonchev–Trinajstić information content (AvgIpc) is 2.33. The normalized spacial score (nSPS) is 11.3. The first kappa shape index (κ1) is 15.8. The van der Waals surface area contributed by atoms with Crippen LogP contribution in [0, 0.1) is 0 Å². The van der Waals surface area contributed by atoms with E-state index in [4.69, 9.17) is 0 Å². The van der Waals surface area contributed by atoms with Crippen LogP contribution in [0.3, 0.4) is 0 Å². The Balaban J connectivity index is 2.81. The van der Waals surface area contributed by atoms with Crippen LogP contribution < -0.4 is 0 Å². The van der Waals surface area contributed by atoms with Gasteiger partial charge in [0, 0.05) is 0 Å². The number of benzene rings is 1. The van der Waals surface area contributed by atoms with Gasteiger partial charge < -0.3 is 0 Å². The molecule has 1 aromatic rings. The van der Waals surface area contributed by atoms with E-state index in [0.717, 1.165) is 15.4 Å². The van der Waals surface area contributed by atoms with Gasteiger partial charge in [0.25, 0.3) is 0 Å². The molecule has 0 N–H and O–H groups in total. The second-order valence-electron chi connectivity index (χ2n) is 5.92. The number of hydrogen-bond acceptors (Lipinski definition) is 0. The van der Waals surface area contributed by atoms with Crippen molar-refractivity contribution in [3.05, 3.63) is 35.4 Å². The maximum atomic E-state index is 12.3. The van der Waals surface area contributed by atoms with Crippen molar-refractivity contribution in [2.75, 3.05) is 6.67 Å². The Kier molecular flexibility index (Phi) is 7.09. The van der Waals surface area contributed by atoms with E-state index in [9.17, 15) is 4.39 Å². The van der Waals surface area contributed by atoms with Crippen LogP contribution in [0.2, 0.25) is 8.94 Å². The van der Waals surface area contributed by atoms with Crippen LogP contribution in [0.25, 0.3) is 0 Å². The molecule has 100 valence electrons. The number of halogens is 1. The molecule has 0 saturated carbocycles. The van der Waals surface area contributed by atoms with Crippen LogP contribution in [-0.4, -0.2) is 22.9 Å². The molecule has 0 saturated heterocycles. The van der Waals surface area contributed by atoms with Gasteiger partial charge in [0.05, 0.1) is 0 Å².